The molecule has 26 heavy (non-hydrogen) atoms. The Balaban J connectivity index is 2.21. The highest BCUT2D eigenvalue weighted by Gasteiger charge is 2.14. The molecule has 2 aromatic rings. The van der Waals surface area contributed by atoms with Crippen molar-refractivity contribution in [2.75, 3.05) is 13.2 Å². The van der Waals surface area contributed by atoms with Crippen molar-refractivity contribution in [1.82, 2.24) is 0 Å². The van der Waals surface area contributed by atoms with Crippen molar-refractivity contribution < 1.29 is 23.9 Å². The lowest BCUT2D eigenvalue weighted by Crippen LogP contribution is -2.09. The number of terminal acetylenes is 2. The molecule has 0 bridgehead atoms. The van der Waals surface area contributed by atoms with E-state index >= 15 is 0 Å². The third-order valence-electron chi connectivity index (χ3n) is 3.02. The molecule has 0 aliphatic carbocycles. The summed E-state index contributed by atoms with van der Waals surface area (Å²) in [5.74, 6) is 4.71. The number of nitro benzene ring substituents is 1. The molecule has 0 saturated heterocycles. The quantitative estimate of drug-likeness (QED) is 0.251. The Morgan fingerprint density at radius 1 is 0.962 bits per heavy atom. The van der Waals surface area contributed by atoms with E-state index < -0.39 is 10.9 Å². The molecule has 0 heterocycles. The molecule has 0 aromatic heterocycles. The van der Waals surface area contributed by atoms with Crippen LogP contribution >= 0.6 is 0 Å². The molecule has 130 valence electrons. The van der Waals surface area contributed by atoms with Gasteiger partial charge in [-0.2, -0.15) is 0 Å². The van der Waals surface area contributed by atoms with E-state index in [4.69, 9.17) is 27.1 Å². The molecule has 7 nitrogen and oxygen atoms in total. The van der Waals surface area contributed by atoms with Gasteiger partial charge in [0, 0.05) is 18.2 Å². The van der Waals surface area contributed by atoms with Gasteiger partial charge in [-0.15, -0.1) is 12.8 Å². The molecule has 2 rings (SSSR count). The second-order valence-electron chi connectivity index (χ2n) is 4.82. The normalized spacial score (nSPS) is 9.46. The van der Waals surface area contributed by atoms with Gasteiger partial charge in [0.05, 0.1) is 10.5 Å². The van der Waals surface area contributed by atoms with Gasteiger partial charge in [-0.1, -0.05) is 11.8 Å². The van der Waals surface area contributed by atoms with Crippen molar-refractivity contribution in [2.45, 2.75) is 0 Å². The minimum absolute atomic E-state index is 0.00936. The van der Waals surface area contributed by atoms with E-state index in [2.05, 4.69) is 11.8 Å². The Hall–Kier alpha value is -3.97. The molecular formula is C19H13NO6. The lowest BCUT2D eigenvalue weighted by atomic mass is 10.2. The van der Waals surface area contributed by atoms with E-state index in [0.29, 0.717) is 11.5 Å². The highest BCUT2D eigenvalue weighted by molar-refractivity contribution is 5.92. The van der Waals surface area contributed by atoms with Crippen LogP contribution in [0.2, 0.25) is 0 Å². The fourth-order valence-electron chi connectivity index (χ4n) is 1.91. The number of non-ortho nitro benzene ring substituents is 1. The van der Waals surface area contributed by atoms with Crippen LogP contribution < -0.4 is 14.2 Å². The van der Waals surface area contributed by atoms with Crippen molar-refractivity contribution in [3.8, 4) is 41.9 Å². The summed E-state index contributed by atoms with van der Waals surface area (Å²) >= 11 is 0. The molecule has 0 spiro atoms. The predicted octanol–water partition coefficient (Wildman–Crippen LogP) is 2.84. The highest BCUT2D eigenvalue weighted by atomic mass is 16.6. The maximum atomic E-state index is 12.3. The minimum atomic E-state index is -0.699. The van der Waals surface area contributed by atoms with Crippen LogP contribution in [0.1, 0.15) is 10.4 Å². The first-order chi connectivity index (χ1) is 12.5. The second-order valence-corrected chi connectivity index (χ2v) is 4.82. The van der Waals surface area contributed by atoms with Gasteiger partial charge in [0.2, 0.25) is 0 Å². The van der Waals surface area contributed by atoms with Crippen molar-refractivity contribution in [2.24, 2.45) is 0 Å². The van der Waals surface area contributed by atoms with Crippen LogP contribution in [0.25, 0.3) is 0 Å². The summed E-state index contributed by atoms with van der Waals surface area (Å²) in [6.45, 7) is 0.0187. The molecule has 0 amide bonds. The average molecular weight is 351 g/mol. The van der Waals surface area contributed by atoms with E-state index in [-0.39, 0.29) is 30.2 Å². The van der Waals surface area contributed by atoms with Gasteiger partial charge in [-0.3, -0.25) is 10.1 Å². The van der Waals surface area contributed by atoms with Crippen molar-refractivity contribution in [3.63, 3.8) is 0 Å². The third-order valence-corrected chi connectivity index (χ3v) is 3.02. The molecule has 0 radical (unpaired) electrons. The number of hydrogen-bond donors (Lipinski definition) is 0. The number of benzene rings is 2. The van der Waals surface area contributed by atoms with Gasteiger partial charge in [0.15, 0.2) is 0 Å². The van der Waals surface area contributed by atoms with Gasteiger partial charge in [-0.25, -0.2) is 4.79 Å². The van der Waals surface area contributed by atoms with Crippen molar-refractivity contribution in [1.29, 1.82) is 0 Å². The van der Waals surface area contributed by atoms with Crippen LogP contribution in [0.5, 0.6) is 17.2 Å². The molecule has 0 fully saturated rings. The van der Waals surface area contributed by atoms with Crippen LogP contribution in [0, 0.1) is 34.8 Å². The lowest BCUT2D eigenvalue weighted by Gasteiger charge is -2.10. The fraction of sp³-hybridized carbons (Fsp3) is 0.105. The number of carbonyl (C=O) groups excluding carboxylic acids is 1. The Kier molecular flexibility index (Phi) is 6.19. The standard InChI is InChI=1S/C19H13NO6/c1-3-9-24-17-11-14(12-18(13-17)25-10-4-2)19(21)26-16-7-5-15(6-8-16)20(22)23/h1-2,5-8,11-13H,9-10H2. The summed E-state index contributed by atoms with van der Waals surface area (Å²) in [5.41, 5.74) is 0.0318. The molecule has 7 heteroatoms. The number of ether oxygens (including phenoxy) is 3. The van der Waals surface area contributed by atoms with E-state index in [1.54, 1.807) is 0 Å². The van der Waals surface area contributed by atoms with E-state index in [9.17, 15) is 14.9 Å². The van der Waals surface area contributed by atoms with Gasteiger partial charge in [-0.05, 0) is 24.3 Å². The molecule has 0 aliphatic heterocycles. The maximum Gasteiger partial charge on any atom is 0.343 e. The summed E-state index contributed by atoms with van der Waals surface area (Å²) in [6.07, 6.45) is 10.3. The molecule has 0 N–H and O–H groups in total. The molecule has 0 atom stereocenters. The number of rotatable bonds is 7. The molecule has 0 aliphatic rings. The third kappa shape index (κ3) is 5.02. The Bertz CT molecular complexity index is 853. The monoisotopic (exact) mass is 351 g/mol. The van der Waals surface area contributed by atoms with Gasteiger partial charge >= 0.3 is 5.97 Å². The summed E-state index contributed by atoms with van der Waals surface area (Å²) < 4.78 is 15.8. The zero-order valence-electron chi connectivity index (χ0n) is 13.5. The molecular weight excluding hydrogens is 338 g/mol. The van der Waals surface area contributed by atoms with Crippen LogP contribution in [0.4, 0.5) is 5.69 Å². The second kappa shape index (κ2) is 8.76. The number of carbonyl (C=O) groups is 1. The number of hydrogen-bond acceptors (Lipinski definition) is 6. The fourth-order valence-corrected chi connectivity index (χ4v) is 1.91. The van der Waals surface area contributed by atoms with Gasteiger partial charge in [0.25, 0.3) is 5.69 Å². The lowest BCUT2D eigenvalue weighted by molar-refractivity contribution is -0.384. The van der Waals surface area contributed by atoms with Crippen LogP contribution in [0.3, 0.4) is 0 Å². The molecule has 0 unspecified atom stereocenters. The first-order valence-electron chi connectivity index (χ1n) is 7.27. The van der Waals surface area contributed by atoms with E-state index in [1.165, 1.54) is 42.5 Å². The average Bonchev–Trinajstić information content (AvgIpc) is 2.65. The Labute approximate surface area is 149 Å². The first-order valence-corrected chi connectivity index (χ1v) is 7.27. The maximum absolute atomic E-state index is 12.3. The topological polar surface area (TPSA) is 87.9 Å². The number of esters is 1. The smallest absolute Gasteiger partial charge is 0.343 e. The largest absolute Gasteiger partial charge is 0.481 e. The highest BCUT2D eigenvalue weighted by Crippen LogP contribution is 2.25. The SMILES string of the molecule is C#CCOc1cc(OCC#C)cc(C(=O)Oc2ccc([N+](=O)[O-])cc2)c1. The minimum Gasteiger partial charge on any atom is -0.481 e. The van der Waals surface area contributed by atoms with Crippen LogP contribution in [-0.2, 0) is 0 Å². The van der Waals surface area contributed by atoms with E-state index in [0.717, 1.165) is 0 Å². The first kappa shape index (κ1) is 18.4. The van der Waals surface area contributed by atoms with Gasteiger partial charge < -0.3 is 14.2 Å². The summed E-state index contributed by atoms with van der Waals surface area (Å²) in [6, 6.07) is 9.53. The summed E-state index contributed by atoms with van der Waals surface area (Å²) in [4.78, 5) is 22.4. The Morgan fingerprint density at radius 2 is 1.50 bits per heavy atom. The summed E-state index contributed by atoms with van der Waals surface area (Å²) in [7, 11) is 0. The van der Waals surface area contributed by atoms with E-state index in [1.807, 2.05) is 0 Å². The number of nitrogens with zero attached hydrogens (tertiary/aromatic N) is 1. The van der Waals surface area contributed by atoms with Crippen LogP contribution in [0.15, 0.2) is 42.5 Å². The van der Waals surface area contributed by atoms with Crippen molar-refractivity contribution in [3.05, 3.63) is 58.1 Å². The molecule has 2 aromatic carbocycles. The predicted molar refractivity (Wildman–Crippen MR) is 93.2 cm³/mol. The van der Waals surface area contributed by atoms with Crippen LogP contribution in [-0.4, -0.2) is 24.1 Å². The van der Waals surface area contributed by atoms with Gasteiger partial charge in [0.1, 0.15) is 30.5 Å². The zero-order valence-corrected chi connectivity index (χ0v) is 13.5. The van der Waals surface area contributed by atoms with Crippen molar-refractivity contribution >= 4 is 11.7 Å². The zero-order chi connectivity index (χ0) is 18.9. The summed E-state index contributed by atoms with van der Waals surface area (Å²) in [5, 5.41) is 10.6. The molecule has 0 saturated carbocycles. The number of nitro groups is 1. The Morgan fingerprint density at radius 3 is 1.96 bits per heavy atom.